The normalized spacial score (nSPS) is 19.0. The lowest BCUT2D eigenvalue weighted by Crippen LogP contribution is -2.37. The summed E-state index contributed by atoms with van der Waals surface area (Å²) in [4.78, 5) is 4.45. The second kappa shape index (κ2) is 6.26. The predicted octanol–water partition coefficient (Wildman–Crippen LogP) is 1.00. The number of aryl methyl sites for hydroxylation is 1. The summed E-state index contributed by atoms with van der Waals surface area (Å²) in [7, 11) is 0. The lowest BCUT2D eigenvalue weighted by molar-refractivity contribution is -0.118. The molecule has 6 heteroatoms. The van der Waals surface area contributed by atoms with Crippen molar-refractivity contribution in [3.8, 4) is 0 Å². The van der Waals surface area contributed by atoms with Crippen molar-refractivity contribution in [3.63, 3.8) is 0 Å². The molecule has 0 spiro atoms. The van der Waals surface area contributed by atoms with Gasteiger partial charge >= 0.3 is 0 Å². The first-order chi connectivity index (χ1) is 8.80. The number of rotatable bonds is 6. The summed E-state index contributed by atoms with van der Waals surface area (Å²) in [5.41, 5.74) is 5.04. The van der Waals surface area contributed by atoms with E-state index in [1.54, 1.807) is 0 Å². The third-order valence-electron chi connectivity index (χ3n) is 3.19. The molecule has 0 aromatic carbocycles. The monoisotopic (exact) mass is 255 g/mol. The van der Waals surface area contributed by atoms with Crippen molar-refractivity contribution in [1.82, 2.24) is 10.1 Å². The van der Waals surface area contributed by atoms with Crippen LogP contribution in [0, 0.1) is 0 Å². The highest BCUT2D eigenvalue weighted by molar-refractivity contribution is 5.03. The molecule has 1 aliphatic heterocycles. The highest BCUT2D eigenvalue weighted by Crippen LogP contribution is 2.34. The Balaban J connectivity index is 2.12. The largest absolute Gasteiger partial charge is 0.381 e. The standard InChI is InChI=1S/C12H21N3O3/c1-2-17-12(5-8-16-9-6-12)11-14-10(18-15-11)4-3-7-13/h2-9,13H2,1H3. The molecule has 0 unspecified atom stereocenters. The van der Waals surface area contributed by atoms with Gasteiger partial charge in [-0.25, -0.2) is 0 Å². The molecule has 6 nitrogen and oxygen atoms in total. The molecule has 0 saturated carbocycles. The Morgan fingerprint density at radius 2 is 2.17 bits per heavy atom. The Morgan fingerprint density at radius 1 is 1.39 bits per heavy atom. The van der Waals surface area contributed by atoms with Gasteiger partial charge in [0.2, 0.25) is 11.7 Å². The van der Waals surface area contributed by atoms with Crippen LogP contribution in [0.25, 0.3) is 0 Å². The first kappa shape index (κ1) is 13.5. The van der Waals surface area contributed by atoms with Crippen LogP contribution in [0.3, 0.4) is 0 Å². The number of aromatic nitrogens is 2. The van der Waals surface area contributed by atoms with Gasteiger partial charge in [-0.2, -0.15) is 4.98 Å². The van der Waals surface area contributed by atoms with Crippen LogP contribution in [0.5, 0.6) is 0 Å². The van der Waals surface area contributed by atoms with E-state index in [2.05, 4.69) is 10.1 Å². The van der Waals surface area contributed by atoms with Crippen molar-refractivity contribution in [1.29, 1.82) is 0 Å². The van der Waals surface area contributed by atoms with Gasteiger partial charge in [-0.3, -0.25) is 0 Å². The molecule has 0 aliphatic carbocycles. The van der Waals surface area contributed by atoms with Crippen molar-refractivity contribution in [2.24, 2.45) is 5.73 Å². The Morgan fingerprint density at radius 3 is 2.83 bits per heavy atom. The molecule has 0 atom stereocenters. The first-order valence-corrected chi connectivity index (χ1v) is 6.55. The summed E-state index contributed by atoms with van der Waals surface area (Å²) in [6.07, 6.45) is 3.13. The fourth-order valence-electron chi connectivity index (χ4n) is 2.20. The zero-order valence-electron chi connectivity index (χ0n) is 10.9. The van der Waals surface area contributed by atoms with Crippen molar-refractivity contribution in [3.05, 3.63) is 11.7 Å². The van der Waals surface area contributed by atoms with E-state index in [1.165, 1.54) is 0 Å². The van der Waals surface area contributed by atoms with Gasteiger partial charge in [0, 0.05) is 39.1 Å². The number of hydrogen-bond donors (Lipinski definition) is 1. The minimum Gasteiger partial charge on any atom is -0.381 e. The summed E-state index contributed by atoms with van der Waals surface area (Å²) < 4.78 is 16.5. The molecule has 1 aromatic heterocycles. The molecule has 1 fully saturated rings. The second-order valence-electron chi connectivity index (χ2n) is 4.44. The van der Waals surface area contributed by atoms with Crippen LogP contribution >= 0.6 is 0 Å². The Bertz CT molecular complexity index is 356. The Hall–Kier alpha value is -0.980. The molecule has 1 aliphatic rings. The molecule has 18 heavy (non-hydrogen) atoms. The van der Waals surface area contributed by atoms with Crippen molar-refractivity contribution in [2.75, 3.05) is 26.4 Å². The molecular weight excluding hydrogens is 234 g/mol. The van der Waals surface area contributed by atoms with E-state index >= 15 is 0 Å². The van der Waals surface area contributed by atoms with Gasteiger partial charge in [-0.15, -0.1) is 0 Å². The van der Waals surface area contributed by atoms with E-state index in [0.29, 0.717) is 38.1 Å². The van der Waals surface area contributed by atoms with Gasteiger partial charge in [-0.05, 0) is 19.9 Å². The molecule has 0 bridgehead atoms. The average molecular weight is 255 g/mol. The zero-order valence-corrected chi connectivity index (χ0v) is 10.9. The average Bonchev–Trinajstić information content (AvgIpc) is 2.87. The summed E-state index contributed by atoms with van der Waals surface area (Å²) in [6, 6.07) is 0. The van der Waals surface area contributed by atoms with Crippen molar-refractivity contribution in [2.45, 2.75) is 38.2 Å². The number of nitrogens with zero attached hydrogens (tertiary/aromatic N) is 2. The van der Waals surface area contributed by atoms with Gasteiger partial charge in [-0.1, -0.05) is 5.16 Å². The predicted molar refractivity (Wildman–Crippen MR) is 65.0 cm³/mol. The van der Waals surface area contributed by atoms with Crippen LogP contribution in [-0.4, -0.2) is 36.5 Å². The minimum atomic E-state index is -0.433. The third kappa shape index (κ3) is 2.88. The van der Waals surface area contributed by atoms with Crippen LogP contribution in [0.15, 0.2) is 4.52 Å². The fraction of sp³-hybridized carbons (Fsp3) is 0.833. The summed E-state index contributed by atoms with van der Waals surface area (Å²) in [5.74, 6) is 1.29. The Kier molecular flexibility index (Phi) is 4.68. The first-order valence-electron chi connectivity index (χ1n) is 6.55. The minimum absolute atomic E-state index is 0.433. The summed E-state index contributed by atoms with van der Waals surface area (Å²) in [6.45, 7) is 4.58. The second-order valence-corrected chi connectivity index (χ2v) is 4.44. The third-order valence-corrected chi connectivity index (χ3v) is 3.19. The quantitative estimate of drug-likeness (QED) is 0.816. The molecule has 1 saturated heterocycles. The van der Waals surface area contributed by atoms with E-state index in [9.17, 15) is 0 Å². The lowest BCUT2D eigenvalue weighted by atomic mass is 9.93. The molecule has 2 N–H and O–H groups in total. The zero-order chi connectivity index (χ0) is 12.8. The molecule has 2 heterocycles. The summed E-state index contributed by atoms with van der Waals surface area (Å²) in [5, 5.41) is 4.08. The highest BCUT2D eigenvalue weighted by Gasteiger charge is 2.39. The topological polar surface area (TPSA) is 83.4 Å². The van der Waals surface area contributed by atoms with Crippen molar-refractivity contribution < 1.29 is 14.0 Å². The smallest absolute Gasteiger partial charge is 0.226 e. The van der Waals surface area contributed by atoms with Crippen molar-refractivity contribution >= 4 is 0 Å². The van der Waals surface area contributed by atoms with Gasteiger partial charge in [0.1, 0.15) is 5.60 Å². The van der Waals surface area contributed by atoms with E-state index in [0.717, 1.165) is 25.7 Å². The van der Waals surface area contributed by atoms with Crippen LogP contribution in [-0.2, 0) is 21.5 Å². The Labute approximate surface area is 107 Å². The molecule has 102 valence electrons. The van der Waals surface area contributed by atoms with E-state index in [4.69, 9.17) is 19.7 Å². The number of nitrogens with two attached hydrogens (primary N) is 1. The SMILES string of the molecule is CCOC1(c2noc(CCCN)n2)CCOCC1. The highest BCUT2D eigenvalue weighted by atomic mass is 16.5. The maximum absolute atomic E-state index is 5.88. The van der Waals surface area contributed by atoms with E-state index in [1.807, 2.05) is 6.92 Å². The molecular formula is C12H21N3O3. The van der Waals surface area contributed by atoms with E-state index in [-0.39, 0.29) is 0 Å². The number of hydrogen-bond acceptors (Lipinski definition) is 6. The van der Waals surface area contributed by atoms with Gasteiger partial charge in [0.25, 0.3) is 0 Å². The lowest BCUT2D eigenvalue weighted by Gasteiger charge is -2.33. The van der Waals surface area contributed by atoms with Gasteiger partial charge < -0.3 is 19.7 Å². The van der Waals surface area contributed by atoms with Crippen LogP contribution in [0.1, 0.15) is 37.9 Å². The maximum Gasteiger partial charge on any atom is 0.226 e. The van der Waals surface area contributed by atoms with E-state index < -0.39 is 5.60 Å². The maximum atomic E-state index is 5.88. The molecule has 0 radical (unpaired) electrons. The molecule has 2 rings (SSSR count). The molecule has 0 amide bonds. The van der Waals surface area contributed by atoms with Crippen LogP contribution in [0.2, 0.25) is 0 Å². The van der Waals surface area contributed by atoms with Crippen LogP contribution < -0.4 is 5.73 Å². The van der Waals surface area contributed by atoms with Gasteiger partial charge in [0.05, 0.1) is 0 Å². The van der Waals surface area contributed by atoms with Gasteiger partial charge in [0.15, 0.2) is 0 Å². The fourth-order valence-corrected chi connectivity index (χ4v) is 2.20. The van der Waals surface area contributed by atoms with Crippen LogP contribution in [0.4, 0.5) is 0 Å². The molecule has 1 aromatic rings. The number of ether oxygens (including phenoxy) is 2. The summed E-state index contributed by atoms with van der Waals surface area (Å²) >= 11 is 0.